The van der Waals surface area contributed by atoms with E-state index in [4.69, 9.17) is 23.2 Å². The summed E-state index contributed by atoms with van der Waals surface area (Å²) in [5.74, 6) is 0.564. The number of benzene rings is 1. The van der Waals surface area contributed by atoms with Gasteiger partial charge in [0.25, 0.3) is 0 Å². The highest BCUT2D eigenvalue weighted by atomic mass is 35.5. The summed E-state index contributed by atoms with van der Waals surface area (Å²) in [6.45, 7) is 4.86. The molecule has 3 nitrogen and oxygen atoms in total. The summed E-state index contributed by atoms with van der Waals surface area (Å²) >= 11 is 11.7. The van der Waals surface area contributed by atoms with E-state index in [1.807, 2.05) is 0 Å². The number of hydrogen-bond donors (Lipinski definition) is 2. The van der Waals surface area contributed by atoms with Gasteiger partial charge < -0.3 is 10.6 Å². The molecule has 5 heteroatoms. The quantitative estimate of drug-likeness (QED) is 0.851. The minimum atomic E-state index is -0.255. The van der Waals surface area contributed by atoms with Crippen LogP contribution < -0.4 is 10.6 Å². The van der Waals surface area contributed by atoms with Crippen LogP contribution in [0.25, 0.3) is 0 Å². The molecule has 1 aromatic rings. The third kappa shape index (κ3) is 5.29. The summed E-state index contributed by atoms with van der Waals surface area (Å²) in [5, 5.41) is 6.40. The number of carbonyl (C=O) groups is 1. The van der Waals surface area contributed by atoms with E-state index in [1.165, 1.54) is 0 Å². The highest BCUT2D eigenvalue weighted by Crippen LogP contribution is 2.25. The average molecular weight is 275 g/mol. The summed E-state index contributed by atoms with van der Waals surface area (Å²) in [6.07, 6.45) is 0.946. The summed E-state index contributed by atoms with van der Waals surface area (Å²) in [7, 11) is 0. The molecule has 0 spiro atoms. The molecule has 1 aromatic carbocycles. The van der Waals surface area contributed by atoms with E-state index in [1.54, 1.807) is 18.2 Å². The molecule has 0 aliphatic carbocycles. The van der Waals surface area contributed by atoms with Gasteiger partial charge in [0.15, 0.2) is 0 Å². The molecule has 1 rings (SSSR count). The number of nitrogens with one attached hydrogen (secondary N) is 2. The van der Waals surface area contributed by atoms with Crippen LogP contribution in [0.5, 0.6) is 0 Å². The fraction of sp³-hybridized carbons (Fsp3) is 0.417. The van der Waals surface area contributed by atoms with Crippen LogP contribution in [-0.2, 0) is 0 Å². The summed E-state index contributed by atoms with van der Waals surface area (Å²) in [5.41, 5.74) is 0.554. The Kier molecular flexibility index (Phi) is 5.59. The Hall–Kier alpha value is -0.930. The molecule has 17 heavy (non-hydrogen) atoms. The predicted octanol–water partition coefficient (Wildman–Crippen LogP) is 4.16. The van der Waals surface area contributed by atoms with Crippen molar-refractivity contribution in [1.29, 1.82) is 0 Å². The van der Waals surface area contributed by atoms with E-state index < -0.39 is 0 Å². The number of hydrogen-bond acceptors (Lipinski definition) is 1. The first kappa shape index (κ1) is 14.1. The molecule has 0 atom stereocenters. The molecule has 0 saturated carbocycles. The van der Waals surface area contributed by atoms with E-state index in [2.05, 4.69) is 24.5 Å². The van der Waals surface area contributed by atoms with Gasteiger partial charge in [0.05, 0.1) is 10.7 Å². The molecule has 2 N–H and O–H groups in total. The molecule has 0 aliphatic rings. The molecule has 94 valence electrons. The average Bonchev–Trinajstić information content (AvgIpc) is 2.21. The maximum absolute atomic E-state index is 11.5. The van der Waals surface area contributed by atoms with Crippen molar-refractivity contribution < 1.29 is 4.79 Å². The molecule has 2 amide bonds. The zero-order valence-electron chi connectivity index (χ0n) is 9.89. The van der Waals surface area contributed by atoms with Crippen LogP contribution in [0, 0.1) is 5.92 Å². The standard InChI is InChI=1S/C12H16Cl2N2O/c1-8(2)5-6-15-12(17)16-11-4-3-9(13)7-10(11)14/h3-4,7-8H,5-6H2,1-2H3,(H2,15,16,17). The lowest BCUT2D eigenvalue weighted by Gasteiger charge is -2.10. The monoisotopic (exact) mass is 274 g/mol. The van der Waals surface area contributed by atoms with Gasteiger partial charge in [-0.2, -0.15) is 0 Å². The molecule has 0 fully saturated rings. The van der Waals surface area contributed by atoms with E-state index in [-0.39, 0.29) is 6.03 Å². The molecular formula is C12H16Cl2N2O. The lowest BCUT2D eigenvalue weighted by molar-refractivity contribution is 0.251. The summed E-state index contributed by atoms with van der Waals surface area (Å²) < 4.78 is 0. The Morgan fingerprint density at radius 3 is 2.65 bits per heavy atom. The maximum atomic E-state index is 11.5. The van der Waals surface area contributed by atoms with E-state index >= 15 is 0 Å². The van der Waals surface area contributed by atoms with Gasteiger partial charge in [0.1, 0.15) is 0 Å². The van der Waals surface area contributed by atoms with Gasteiger partial charge in [-0.05, 0) is 30.5 Å². The molecule has 0 aromatic heterocycles. The molecule has 0 saturated heterocycles. The van der Waals surface area contributed by atoms with Crippen molar-refractivity contribution in [3.05, 3.63) is 28.2 Å². The number of anilines is 1. The Morgan fingerprint density at radius 2 is 2.06 bits per heavy atom. The number of rotatable bonds is 4. The number of urea groups is 1. The Bertz CT molecular complexity index is 394. The van der Waals surface area contributed by atoms with Crippen LogP contribution >= 0.6 is 23.2 Å². The largest absolute Gasteiger partial charge is 0.338 e. The van der Waals surface area contributed by atoms with E-state index in [9.17, 15) is 4.79 Å². The Labute approximate surface area is 111 Å². The topological polar surface area (TPSA) is 41.1 Å². The minimum absolute atomic E-state index is 0.255. The van der Waals surface area contributed by atoms with Gasteiger partial charge in [-0.15, -0.1) is 0 Å². The third-order valence-electron chi connectivity index (χ3n) is 2.19. The van der Waals surface area contributed by atoms with Crippen molar-refractivity contribution in [2.45, 2.75) is 20.3 Å². The Balaban J connectivity index is 2.45. The number of halogens is 2. The van der Waals surface area contributed by atoms with E-state index in [0.29, 0.717) is 28.2 Å². The van der Waals surface area contributed by atoms with Gasteiger partial charge in [0, 0.05) is 11.6 Å². The van der Waals surface area contributed by atoms with Crippen molar-refractivity contribution >= 4 is 34.9 Å². The van der Waals surface area contributed by atoms with Crippen molar-refractivity contribution in [3.8, 4) is 0 Å². The third-order valence-corrected chi connectivity index (χ3v) is 2.73. The predicted molar refractivity (Wildman–Crippen MR) is 72.9 cm³/mol. The minimum Gasteiger partial charge on any atom is -0.338 e. The normalized spacial score (nSPS) is 10.4. The fourth-order valence-electron chi connectivity index (χ4n) is 1.23. The maximum Gasteiger partial charge on any atom is 0.319 e. The number of amides is 2. The van der Waals surface area contributed by atoms with Crippen molar-refractivity contribution in [1.82, 2.24) is 5.32 Å². The summed E-state index contributed by atoms with van der Waals surface area (Å²) in [4.78, 5) is 11.5. The molecule has 0 aliphatic heterocycles. The molecular weight excluding hydrogens is 259 g/mol. The second-order valence-electron chi connectivity index (χ2n) is 4.19. The lowest BCUT2D eigenvalue weighted by Crippen LogP contribution is -2.30. The van der Waals surface area contributed by atoms with Gasteiger partial charge in [0.2, 0.25) is 0 Å². The van der Waals surface area contributed by atoms with Crippen LogP contribution in [0.2, 0.25) is 10.0 Å². The van der Waals surface area contributed by atoms with Gasteiger partial charge in [-0.1, -0.05) is 37.0 Å². The first-order valence-corrected chi connectivity index (χ1v) is 6.24. The molecule has 0 radical (unpaired) electrons. The molecule has 0 heterocycles. The zero-order chi connectivity index (χ0) is 12.8. The Morgan fingerprint density at radius 1 is 1.35 bits per heavy atom. The first-order chi connectivity index (χ1) is 7.99. The van der Waals surface area contributed by atoms with Gasteiger partial charge >= 0.3 is 6.03 Å². The first-order valence-electron chi connectivity index (χ1n) is 5.49. The van der Waals surface area contributed by atoms with Crippen molar-refractivity contribution in [3.63, 3.8) is 0 Å². The van der Waals surface area contributed by atoms with Crippen LogP contribution in [-0.4, -0.2) is 12.6 Å². The SMILES string of the molecule is CC(C)CCNC(=O)Nc1ccc(Cl)cc1Cl. The highest BCUT2D eigenvalue weighted by molar-refractivity contribution is 6.36. The molecule has 0 bridgehead atoms. The van der Waals surface area contributed by atoms with Crippen LogP contribution in [0.4, 0.5) is 10.5 Å². The van der Waals surface area contributed by atoms with Gasteiger partial charge in [-0.3, -0.25) is 0 Å². The zero-order valence-corrected chi connectivity index (χ0v) is 11.4. The van der Waals surface area contributed by atoms with Crippen molar-refractivity contribution in [2.24, 2.45) is 5.92 Å². The molecule has 0 unspecified atom stereocenters. The van der Waals surface area contributed by atoms with E-state index in [0.717, 1.165) is 6.42 Å². The lowest BCUT2D eigenvalue weighted by atomic mass is 10.1. The van der Waals surface area contributed by atoms with Crippen LogP contribution in [0.15, 0.2) is 18.2 Å². The van der Waals surface area contributed by atoms with Gasteiger partial charge in [-0.25, -0.2) is 4.79 Å². The van der Waals surface area contributed by atoms with Crippen molar-refractivity contribution in [2.75, 3.05) is 11.9 Å². The number of carbonyl (C=O) groups excluding carboxylic acids is 1. The van der Waals surface area contributed by atoms with Crippen LogP contribution in [0.1, 0.15) is 20.3 Å². The summed E-state index contributed by atoms with van der Waals surface area (Å²) in [6, 6.07) is 4.69. The fourth-order valence-corrected chi connectivity index (χ4v) is 1.69. The van der Waals surface area contributed by atoms with Crippen LogP contribution in [0.3, 0.4) is 0 Å². The highest BCUT2D eigenvalue weighted by Gasteiger charge is 2.05. The second-order valence-corrected chi connectivity index (χ2v) is 5.03. The smallest absolute Gasteiger partial charge is 0.319 e. The second kappa shape index (κ2) is 6.72.